The maximum atomic E-state index is 12.0. The molecule has 1 aliphatic rings. The van der Waals surface area contributed by atoms with Crippen molar-refractivity contribution in [2.45, 2.75) is 39.2 Å². The monoisotopic (exact) mass is 343 g/mol. The number of nitrogen functional groups attached to an aromatic ring is 1. The van der Waals surface area contributed by atoms with Crippen LogP contribution in [0.2, 0.25) is 0 Å². The zero-order valence-electron chi connectivity index (χ0n) is 14.7. The fraction of sp³-hybridized carbons (Fsp3) is 0.529. The Hall–Kier alpha value is -2.64. The van der Waals surface area contributed by atoms with Crippen molar-refractivity contribution < 1.29 is 4.79 Å². The second-order valence-corrected chi connectivity index (χ2v) is 6.80. The Morgan fingerprint density at radius 2 is 2.08 bits per heavy atom. The molecule has 0 saturated carbocycles. The van der Waals surface area contributed by atoms with Crippen LogP contribution in [0.1, 0.15) is 39.2 Å². The molecular formula is C17H25N7O. The number of nitrogens with zero attached hydrogens (tertiary/aromatic N) is 5. The standard InChI is InChI=1S/C17H25N7O/c1-12(2)11-16(25)21-15-4-8-20-24(15)13-5-9-23(10-6-13)14-3-7-19-17(18)22-14/h3-4,7-8,12-13H,5-6,9-11H2,1-2H3,(H,21,25)(H2,18,19,22). The van der Waals surface area contributed by atoms with Crippen LogP contribution >= 0.6 is 0 Å². The molecule has 1 aliphatic heterocycles. The minimum Gasteiger partial charge on any atom is -0.368 e. The molecule has 0 unspecified atom stereocenters. The molecule has 3 N–H and O–H groups in total. The van der Waals surface area contributed by atoms with E-state index in [2.05, 4.69) is 25.3 Å². The van der Waals surface area contributed by atoms with Crippen LogP contribution in [0.4, 0.5) is 17.6 Å². The largest absolute Gasteiger partial charge is 0.368 e. The predicted molar refractivity (Wildman–Crippen MR) is 97.2 cm³/mol. The van der Waals surface area contributed by atoms with Gasteiger partial charge in [-0.15, -0.1) is 0 Å². The van der Waals surface area contributed by atoms with Crippen molar-refractivity contribution in [1.29, 1.82) is 0 Å². The fourth-order valence-corrected chi connectivity index (χ4v) is 3.15. The van der Waals surface area contributed by atoms with Crippen molar-refractivity contribution in [2.75, 3.05) is 29.0 Å². The van der Waals surface area contributed by atoms with Crippen LogP contribution in [0, 0.1) is 5.92 Å². The molecule has 1 saturated heterocycles. The van der Waals surface area contributed by atoms with Crippen LogP contribution in [0.15, 0.2) is 24.5 Å². The molecule has 0 aromatic carbocycles. The topological polar surface area (TPSA) is 102 Å². The highest BCUT2D eigenvalue weighted by atomic mass is 16.1. The number of piperidine rings is 1. The van der Waals surface area contributed by atoms with Crippen molar-refractivity contribution in [3.05, 3.63) is 24.5 Å². The summed E-state index contributed by atoms with van der Waals surface area (Å²) in [4.78, 5) is 22.5. The van der Waals surface area contributed by atoms with E-state index in [0.717, 1.165) is 37.6 Å². The first-order chi connectivity index (χ1) is 12.0. The maximum Gasteiger partial charge on any atom is 0.225 e. The minimum absolute atomic E-state index is 0.0330. The van der Waals surface area contributed by atoms with Gasteiger partial charge in [0, 0.05) is 31.8 Å². The molecule has 3 heterocycles. The fourth-order valence-electron chi connectivity index (χ4n) is 3.15. The molecule has 25 heavy (non-hydrogen) atoms. The quantitative estimate of drug-likeness (QED) is 0.862. The summed E-state index contributed by atoms with van der Waals surface area (Å²) in [6.45, 7) is 5.79. The van der Waals surface area contributed by atoms with E-state index in [9.17, 15) is 4.79 Å². The van der Waals surface area contributed by atoms with E-state index in [1.807, 2.05) is 30.7 Å². The molecule has 3 rings (SSSR count). The van der Waals surface area contributed by atoms with Gasteiger partial charge in [0.25, 0.3) is 0 Å². The van der Waals surface area contributed by atoms with Gasteiger partial charge in [-0.3, -0.25) is 4.79 Å². The van der Waals surface area contributed by atoms with Gasteiger partial charge in [0.1, 0.15) is 11.6 Å². The molecule has 0 radical (unpaired) electrons. The number of hydrogen-bond donors (Lipinski definition) is 2. The highest BCUT2D eigenvalue weighted by Crippen LogP contribution is 2.27. The molecule has 8 heteroatoms. The number of hydrogen-bond acceptors (Lipinski definition) is 6. The van der Waals surface area contributed by atoms with Crippen molar-refractivity contribution in [3.63, 3.8) is 0 Å². The third-order valence-electron chi connectivity index (χ3n) is 4.33. The van der Waals surface area contributed by atoms with Gasteiger partial charge in [-0.05, 0) is 24.8 Å². The van der Waals surface area contributed by atoms with Crippen molar-refractivity contribution >= 4 is 23.5 Å². The summed E-state index contributed by atoms with van der Waals surface area (Å²) in [7, 11) is 0. The molecule has 0 aliphatic carbocycles. The van der Waals surface area contributed by atoms with Gasteiger partial charge >= 0.3 is 0 Å². The molecule has 8 nitrogen and oxygen atoms in total. The molecular weight excluding hydrogens is 318 g/mol. The molecule has 1 amide bonds. The number of anilines is 3. The van der Waals surface area contributed by atoms with Gasteiger partial charge in [0.05, 0.1) is 12.2 Å². The summed E-state index contributed by atoms with van der Waals surface area (Å²) >= 11 is 0. The van der Waals surface area contributed by atoms with Crippen LogP contribution < -0.4 is 16.0 Å². The SMILES string of the molecule is CC(C)CC(=O)Nc1ccnn1C1CCN(c2ccnc(N)n2)CC1. The van der Waals surface area contributed by atoms with E-state index in [1.165, 1.54) is 0 Å². The zero-order valence-corrected chi connectivity index (χ0v) is 14.7. The van der Waals surface area contributed by atoms with E-state index < -0.39 is 0 Å². The average molecular weight is 343 g/mol. The Balaban J connectivity index is 1.62. The lowest BCUT2D eigenvalue weighted by Gasteiger charge is -2.33. The maximum absolute atomic E-state index is 12.0. The number of nitrogens with two attached hydrogens (primary N) is 1. The first-order valence-corrected chi connectivity index (χ1v) is 8.69. The lowest BCUT2D eigenvalue weighted by Crippen LogP contribution is -2.36. The lowest BCUT2D eigenvalue weighted by atomic mass is 10.1. The van der Waals surface area contributed by atoms with Gasteiger partial charge < -0.3 is 16.0 Å². The van der Waals surface area contributed by atoms with Crippen molar-refractivity contribution in [2.24, 2.45) is 5.92 Å². The van der Waals surface area contributed by atoms with Crippen molar-refractivity contribution in [3.8, 4) is 0 Å². The first kappa shape index (κ1) is 17.2. The van der Waals surface area contributed by atoms with Crippen molar-refractivity contribution in [1.82, 2.24) is 19.7 Å². The third kappa shape index (κ3) is 4.26. The third-order valence-corrected chi connectivity index (χ3v) is 4.33. The second-order valence-electron chi connectivity index (χ2n) is 6.80. The number of carbonyl (C=O) groups is 1. The molecule has 2 aromatic rings. The van der Waals surface area contributed by atoms with Crippen LogP contribution in [-0.2, 0) is 4.79 Å². The highest BCUT2D eigenvalue weighted by molar-refractivity contribution is 5.89. The molecule has 0 bridgehead atoms. The Kier molecular flexibility index (Phi) is 5.16. The van der Waals surface area contributed by atoms with Gasteiger partial charge in [-0.2, -0.15) is 10.1 Å². The summed E-state index contributed by atoms with van der Waals surface area (Å²) in [6, 6.07) is 4.00. The molecule has 1 fully saturated rings. The summed E-state index contributed by atoms with van der Waals surface area (Å²) in [6.07, 6.45) is 5.79. The Labute approximate surface area is 147 Å². The second kappa shape index (κ2) is 7.50. The minimum atomic E-state index is 0.0330. The Bertz CT molecular complexity index is 719. The number of rotatable bonds is 5. The Morgan fingerprint density at radius 3 is 2.76 bits per heavy atom. The van der Waals surface area contributed by atoms with Gasteiger partial charge in [0.15, 0.2) is 0 Å². The number of nitrogens with one attached hydrogen (secondary N) is 1. The van der Waals surface area contributed by atoms with Crippen LogP contribution in [0.3, 0.4) is 0 Å². The Morgan fingerprint density at radius 1 is 1.32 bits per heavy atom. The summed E-state index contributed by atoms with van der Waals surface area (Å²) in [5.74, 6) is 2.29. The molecule has 0 spiro atoms. The lowest BCUT2D eigenvalue weighted by molar-refractivity contribution is -0.116. The summed E-state index contributed by atoms with van der Waals surface area (Å²) < 4.78 is 1.93. The van der Waals surface area contributed by atoms with E-state index in [4.69, 9.17) is 5.73 Å². The average Bonchev–Trinajstić information content (AvgIpc) is 3.02. The normalized spacial score (nSPS) is 15.6. The van der Waals surface area contributed by atoms with E-state index >= 15 is 0 Å². The van der Waals surface area contributed by atoms with E-state index in [1.54, 1.807) is 12.4 Å². The van der Waals surface area contributed by atoms with Gasteiger partial charge in [0.2, 0.25) is 11.9 Å². The summed E-state index contributed by atoms with van der Waals surface area (Å²) in [5, 5.41) is 7.40. The van der Waals surface area contributed by atoms with Gasteiger partial charge in [-0.1, -0.05) is 13.8 Å². The van der Waals surface area contributed by atoms with Gasteiger partial charge in [-0.25, -0.2) is 9.67 Å². The van der Waals surface area contributed by atoms with E-state index in [0.29, 0.717) is 18.3 Å². The molecule has 0 atom stereocenters. The van der Waals surface area contributed by atoms with Crippen LogP contribution in [-0.4, -0.2) is 38.7 Å². The first-order valence-electron chi connectivity index (χ1n) is 8.69. The summed E-state index contributed by atoms with van der Waals surface area (Å²) in [5.41, 5.74) is 5.67. The number of amides is 1. The number of carbonyl (C=O) groups excluding carboxylic acids is 1. The smallest absolute Gasteiger partial charge is 0.225 e. The van der Waals surface area contributed by atoms with Crippen LogP contribution in [0.25, 0.3) is 0 Å². The van der Waals surface area contributed by atoms with E-state index in [-0.39, 0.29) is 11.9 Å². The zero-order chi connectivity index (χ0) is 17.8. The van der Waals surface area contributed by atoms with Crippen LogP contribution in [0.5, 0.6) is 0 Å². The predicted octanol–water partition coefficient (Wildman–Crippen LogP) is 2.08. The number of aromatic nitrogens is 4. The molecule has 2 aromatic heterocycles. The highest BCUT2D eigenvalue weighted by Gasteiger charge is 2.24. The molecule has 134 valence electrons.